The van der Waals surface area contributed by atoms with Crippen molar-refractivity contribution in [3.8, 4) is 0 Å². The third-order valence-corrected chi connectivity index (χ3v) is 4.77. The Hall–Kier alpha value is -2.41. The number of carbonyl (C=O) groups is 2. The van der Waals surface area contributed by atoms with Gasteiger partial charge >= 0.3 is 5.97 Å². The summed E-state index contributed by atoms with van der Waals surface area (Å²) in [5.41, 5.74) is 1.20. The van der Waals surface area contributed by atoms with Gasteiger partial charge in [0.25, 0.3) is 5.91 Å². The van der Waals surface area contributed by atoms with Gasteiger partial charge in [-0.15, -0.1) is 0 Å². The van der Waals surface area contributed by atoms with Crippen LogP contribution in [0.2, 0.25) is 0 Å². The number of hydrogen-bond acceptors (Lipinski definition) is 5. The second kappa shape index (κ2) is 7.65. The van der Waals surface area contributed by atoms with Crippen LogP contribution in [-0.2, 0) is 16.1 Å². The number of methoxy groups -OCH3 is 1. The molecule has 1 aromatic heterocycles. The largest absolute Gasteiger partial charge is 0.469 e. The monoisotopic (exact) mass is 345 g/mol. The Bertz CT molecular complexity index is 763. The summed E-state index contributed by atoms with van der Waals surface area (Å²) in [6.07, 6.45) is 2.93. The molecule has 0 radical (unpaired) electrons. The van der Waals surface area contributed by atoms with Crippen LogP contribution < -0.4 is 5.32 Å². The van der Waals surface area contributed by atoms with Crippen molar-refractivity contribution in [1.82, 2.24) is 15.1 Å². The molecule has 0 spiro atoms. The first-order valence-corrected chi connectivity index (χ1v) is 8.59. The number of ether oxygens (including phenoxy) is 1. The van der Waals surface area contributed by atoms with Gasteiger partial charge in [-0.05, 0) is 31.7 Å². The van der Waals surface area contributed by atoms with E-state index in [1.54, 1.807) is 4.68 Å². The number of aliphatic hydroxyl groups excluding tert-OH is 1. The third-order valence-electron chi connectivity index (χ3n) is 4.77. The summed E-state index contributed by atoms with van der Waals surface area (Å²) >= 11 is 0. The molecule has 0 unspecified atom stereocenters. The zero-order valence-electron chi connectivity index (χ0n) is 14.3. The van der Waals surface area contributed by atoms with Crippen LogP contribution in [0.5, 0.6) is 0 Å². The normalized spacial score (nSPS) is 20.4. The van der Waals surface area contributed by atoms with E-state index in [9.17, 15) is 14.7 Å². The standard InChI is InChI=1S/C18H23N3O4/c1-25-18(24)12-6-8-13(9-7-12)19-17(23)16-14-4-2-3-5-15(14)20-21(16)10-11-22/h2-5,12-13,22H,6-11H2,1H3,(H,19,23). The number of nitrogens with one attached hydrogen (secondary N) is 1. The lowest BCUT2D eigenvalue weighted by Gasteiger charge is -2.27. The van der Waals surface area contributed by atoms with Crippen LogP contribution in [0.3, 0.4) is 0 Å². The minimum atomic E-state index is -0.191. The molecular formula is C18H23N3O4. The Balaban J connectivity index is 1.73. The van der Waals surface area contributed by atoms with Crippen LogP contribution >= 0.6 is 0 Å². The van der Waals surface area contributed by atoms with E-state index in [0.29, 0.717) is 18.5 Å². The maximum absolute atomic E-state index is 12.8. The number of hydrogen-bond donors (Lipinski definition) is 2. The Morgan fingerprint density at radius 1 is 1.28 bits per heavy atom. The predicted molar refractivity (Wildman–Crippen MR) is 92.0 cm³/mol. The lowest BCUT2D eigenvalue weighted by Crippen LogP contribution is -2.39. The number of esters is 1. The average molecular weight is 345 g/mol. The summed E-state index contributed by atoms with van der Waals surface area (Å²) in [6, 6.07) is 7.48. The van der Waals surface area contributed by atoms with E-state index in [1.807, 2.05) is 24.3 Å². The van der Waals surface area contributed by atoms with Crippen molar-refractivity contribution in [2.75, 3.05) is 13.7 Å². The van der Waals surface area contributed by atoms with Gasteiger partial charge in [0, 0.05) is 11.4 Å². The highest BCUT2D eigenvalue weighted by Crippen LogP contribution is 2.26. The van der Waals surface area contributed by atoms with Gasteiger partial charge in [-0.1, -0.05) is 18.2 Å². The number of nitrogens with zero attached hydrogens (tertiary/aromatic N) is 2. The summed E-state index contributed by atoms with van der Waals surface area (Å²) in [5.74, 6) is -0.431. The first-order chi connectivity index (χ1) is 12.1. The van der Waals surface area contributed by atoms with Crippen LogP contribution in [0.1, 0.15) is 36.2 Å². The summed E-state index contributed by atoms with van der Waals surface area (Å²) in [6.45, 7) is 0.186. The molecule has 1 aromatic carbocycles. The van der Waals surface area contributed by atoms with E-state index in [-0.39, 0.29) is 37.0 Å². The Labute approximate surface area is 146 Å². The molecule has 0 atom stereocenters. The maximum Gasteiger partial charge on any atom is 0.308 e. The zero-order chi connectivity index (χ0) is 17.8. The zero-order valence-corrected chi connectivity index (χ0v) is 14.3. The SMILES string of the molecule is COC(=O)C1CCC(NC(=O)c2c3ccccc3nn2CCO)CC1. The van der Waals surface area contributed by atoms with Crippen LogP contribution in [0.15, 0.2) is 24.3 Å². The van der Waals surface area contributed by atoms with E-state index in [0.717, 1.165) is 23.7 Å². The molecule has 2 aromatic rings. The molecule has 1 amide bonds. The highest BCUT2D eigenvalue weighted by atomic mass is 16.5. The fourth-order valence-electron chi connectivity index (χ4n) is 3.47. The second-order valence-corrected chi connectivity index (χ2v) is 6.36. The molecule has 1 aliphatic carbocycles. The molecule has 0 saturated heterocycles. The highest BCUT2D eigenvalue weighted by molar-refractivity contribution is 6.05. The van der Waals surface area contributed by atoms with Gasteiger partial charge < -0.3 is 15.2 Å². The Morgan fingerprint density at radius 2 is 2.00 bits per heavy atom. The molecular weight excluding hydrogens is 322 g/mol. The highest BCUT2D eigenvalue weighted by Gasteiger charge is 2.29. The average Bonchev–Trinajstić information content (AvgIpc) is 3.00. The van der Waals surface area contributed by atoms with Crippen LogP contribution in [0.4, 0.5) is 0 Å². The van der Waals surface area contributed by atoms with E-state index < -0.39 is 0 Å². The molecule has 134 valence electrons. The van der Waals surface area contributed by atoms with Crippen molar-refractivity contribution in [2.24, 2.45) is 5.92 Å². The first-order valence-electron chi connectivity index (χ1n) is 8.59. The van der Waals surface area contributed by atoms with Crippen molar-refractivity contribution in [1.29, 1.82) is 0 Å². The molecule has 0 bridgehead atoms. The lowest BCUT2D eigenvalue weighted by molar-refractivity contribution is -0.146. The predicted octanol–water partition coefficient (Wildman–Crippen LogP) is 1.49. The number of fused-ring (bicyclic) bond motifs is 1. The van der Waals surface area contributed by atoms with Crippen LogP contribution in [0.25, 0.3) is 10.9 Å². The van der Waals surface area contributed by atoms with E-state index in [2.05, 4.69) is 10.4 Å². The van der Waals surface area contributed by atoms with E-state index >= 15 is 0 Å². The van der Waals surface area contributed by atoms with Crippen LogP contribution in [-0.4, -0.2) is 46.5 Å². The fraction of sp³-hybridized carbons (Fsp3) is 0.500. The second-order valence-electron chi connectivity index (χ2n) is 6.36. The summed E-state index contributed by atoms with van der Waals surface area (Å²) in [4.78, 5) is 24.4. The molecule has 1 fully saturated rings. The Kier molecular flexibility index (Phi) is 5.33. The molecule has 3 rings (SSSR count). The number of benzene rings is 1. The third kappa shape index (κ3) is 3.66. The molecule has 1 aliphatic rings. The Morgan fingerprint density at radius 3 is 2.68 bits per heavy atom. The summed E-state index contributed by atoms with van der Waals surface area (Å²) in [5, 5.41) is 17.5. The summed E-state index contributed by atoms with van der Waals surface area (Å²) < 4.78 is 6.35. The smallest absolute Gasteiger partial charge is 0.308 e. The molecule has 2 N–H and O–H groups in total. The van der Waals surface area contributed by atoms with Crippen LogP contribution in [0, 0.1) is 5.92 Å². The van der Waals surface area contributed by atoms with Gasteiger partial charge in [-0.3, -0.25) is 14.3 Å². The van der Waals surface area contributed by atoms with Crippen molar-refractivity contribution < 1.29 is 19.4 Å². The van der Waals surface area contributed by atoms with Crippen molar-refractivity contribution in [3.05, 3.63) is 30.0 Å². The van der Waals surface area contributed by atoms with Gasteiger partial charge in [0.05, 0.1) is 31.7 Å². The minimum absolute atomic E-state index is 0.0321. The van der Waals surface area contributed by atoms with E-state index in [1.165, 1.54) is 7.11 Å². The van der Waals surface area contributed by atoms with Gasteiger partial charge in [0.2, 0.25) is 0 Å². The first kappa shape index (κ1) is 17.4. The molecule has 1 heterocycles. The minimum Gasteiger partial charge on any atom is -0.469 e. The number of amides is 1. The number of aliphatic hydroxyl groups is 1. The topological polar surface area (TPSA) is 93.5 Å². The van der Waals surface area contributed by atoms with Gasteiger partial charge in [-0.25, -0.2) is 0 Å². The number of aromatic nitrogens is 2. The molecule has 25 heavy (non-hydrogen) atoms. The number of carbonyl (C=O) groups excluding carboxylic acids is 2. The molecule has 7 nitrogen and oxygen atoms in total. The van der Waals surface area contributed by atoms with Gasteiger partial charge in [0.1, 0.15) is 5.69 Å². The molecule has 7 heteroatoms. The van der Waals surface area contributed by atoms with Crippen molar-refractivity contribution in [3.63, 3.8) is 0 Å². The summed E-state index contributed by atoms with van der Waals surface area (Å²) in [7, 11) is 1.41. The number of rotatable bonds is 5. The van der Waals surface area contributed by atoms with E-state index in [4.69, 9.17) is 4.74 Å². The fourth-order valence-corrected chi connectivity index (χ4v) is 3.47. The quantitative estimate of drug-likeness (QED) is 0.801. The molecule has 0 aliphatic heterocycles. The van der Waals surface area contributed by atoms with Gasteiger partial charge in [0.15, 0.2) is 0 Å². The molecule has 1 saturated carbocycles. The van der Waals surface area contributed by atoms with Gasteiger partial charge in [-0.2, -0.15) is 5.10 Å². The van der Waals surface area contributed by atoms with Crippen molar-refractivity contribution >= 4 is 22.8 Å². The van der Waals surface area contributed by atoms with Crippen molar-refractivity contribution in [2.45, 2.75) is 38.3 Å². The lowest BCUT2D eigenvalue weighted by atomic mass is 9.86. The maximum atomic E-state index is 12.8.